The normalized spacial score (nSPS) is 10.5. The fourth-order valence-electron chi connectivity index (χ4n) is 2.80. The average molecular weight is 473 g/mol. The number of hydrogen-bond acceptors (Lipinski definition) is 8. The molecule has 0 unspecified atom stereocenters. The molecule has 1 aromatic heterocycles. The van der Waals surface area contributed by atoms with E-state index >= 15 is 0 Å². The van der Waals surface area contributed by atoms with Crippen molar-refractivity contribution in [2.45, 2.75) is 18.7 Å². The molecule has 0 radical (unpaired) electrons. The van der Waals surface area contributed by atoms with Crippen LogP contribution in [0, 0.1) is 13.8 Å². The Kier molecular flexibility index (Phi) is 8.13. The van der Waals surface area contributed by atoms with E-state index in [0.717, 1.165) is 21.6 Å². The zero-order valence-electron chi connectivity index (χ0n) is 18.3. The van der Waals surface area contributed by atoms with Crippen LogP contribution in [0.5, 0.6) is 11.5 Å². The maximum Gasteiger partial charge on any atom is 0.316 e. The fourth-order valence-corrected chi connectivity index (χ4v) is 4.46. The Morgan fingerprint density at radius 1 is 1.06 bits per heavy atom. The summed E-state index contributed by atoms with van der Waals surface area (Å²) in [5.41, 5.74) is 3.74. The lowest BCUT2D eigenvalue weighted by molar-refractivity contribution is -0.144. The van der Waals surface area contributed by atoms with Crippen LogP contribution in [0.2, 0.25) is 0 Å². The van der Waals surface area contributed by atoms with Crippen LogP contribution in [-0.4, -0.2) is 43.4 Å². The summed E-state index contributed by atoms with van der Waals surface area (Å²) < 4.78 is 15.6. The predicted octanol–water partition coefficient (Wildman–Crippen LogP) is 4.72. The summed E-state index contributed by atoms with van der Waals surface area (Å²) >= 11 is 2.68. The Balaban J connectivity index is 1.50. The SMILES string of the molecule is COc1ccc(-c2csc(NC(=O)COC(=O)CSc3cc(C)ccc3C)n2)cc1OC. The third-order valence-electron chi connectivity index (χ3n) is 4.48. The summed E-state index contributed by atoms with van der Waals surface area (Å²) in [6.45, 7) is 3.63. The number of nitrogens with one attached hydrogen (secondary N) is 1. The highest BCUT2D eigenvalue weighted by Crippen LogP contribution is 2.33. The highest BCUT2D eigenvalue weighted by molar-refractivity contribution is 8.00. The van der Waals surface area contributed by atoms with Crippen molar-refractivity contribution in [3.8, 4) is 22.8 Å². The molecule has 168 valence electrons. The predicted molar refractivity (Wildman–Crippen MR) is 127 cm³/mol. The molecule has 0 aliphatic heterocycles. The van der Waals surface area contributed by atoms with Crippen molar-refractivity contribution in [1.29, 1.82) is 0 Å². The van der Waals surface area contributed by atoms with Gasteiger partial charge in [-0.05, 0) is 43.7 Å². The largest absolute Gasteiger partial charge is 0.493 e. The molecule has 0 spiro atoms. The summed E-state index contributed by atoms with van der Waals surface area (Å²) in [7, 11) is 3.14. The first-order chi connectivity index (χ1) is 15.4. The Morgan fingerprint density at radius 2 is 1.84 bits per heavy atom. The van der Waals surface area contributed by atoms with Crippen LogP contribution in [-0.2, 0) is 14.3 Å². The number of hydrogen-bond donors (Lipinski definition) is 1. The van der Waals surface area contributed by atoms with Crippen molar-refractivity contribution in [2.24, 2.45) is 0 Å². The Bertz CT molecular complexity index is 1110. The molecule has 1 N–H and O–H groups in total. The van der Waals surface area contributed by atoms with Crippen LogP contribution in [0.25, 0.3) is 11.3 Å². The second-order valence-corrected chi connectivity index (χ2v) is 8.75. The molecule has 0 saturated carbocycles. The number of carbonyl (C=O) groups excluding carboxylic acids is 2. The van der Waals surface area contributed by atoms with Gasteiger partial charge in [0.25, 0.3) is 5.91 Å². The van der Waals surface area contributed by atoms with Gasteiger partial charge < -0.3 is 14.2 Å². The standard InChI is InChI=1S/C23H24N2O5S2/c1-14-5-6-15(2)20(9-14)31-13-22(27)30-11-21(26)25-23-24-17(12-32-23)16-7-8-18(28-3)19(10-16)29-4/h5-10,12H,11,13H2,1-4H3,(H,24,25,26). The zero-order valence-corrected chi connectivity index (χ0v) is 19.9. The molecule has 3 rings (SSSR count). The van der Waals surface area contributed by atoms with Crippen molar-refractivity contribution < 1.29 is 23.8 Å². The van der Waals surface area contributed by atoms with Gasteiger partial charge in [-0.1, -0.05) is 17.7 Å². The lowest BCUT2D eigenvalue weighted by Gasteiger charge is -2.08. The maximum atomic E-state index is 12.2. The summed E-state index contributed by atoms with van der Waals surface area (Å²) in [6.07, 6.45) is 0. The number of nitrogens with zero attached hydrogens (tertiary/aromatic N) is 1. The molecular formula is C23H24N2O5S2. The molecule has 0 fully saturated rings. The number of esters is 1. The fraction of sp³-hybridized carbons (Fsp3) is 0.261. The summed E-state index contributed by atoms with van der Waals surface area (Å²) in [4.78, 5) is 29.6. The van der Waals surface area contributed by atoms with E-state index in [1.807, 2.05) is 49.6 Å². The molecule has 0 aliphatic rings. The Hall–Kier alpha value is -3.04. The van der Waals surface area contributed by atoms with Crippen molar-refractivity contribution >= 4 is 40.1 Å². The molecular weight excluding hydrogens is 448 g/mol. The average Bonchev–Trinajstić information content (AvgIpc) is 3.26. The number of rotatable bonds is 9. The van der Waals surface area contributed by atoms with Crippen LogP contribution in [0.4, 0.5) is 5.13 Å². The van der Waals surface area contributed by atoms with E-state index < -0.39 is 11.9 Å². The summed E-state index contributed by atoms with van der Waals surface area (Å²) in [5, 5.41) is 4.90. The van der Waals surface area contributed by atoms with Crippen LogP contribution in [0.15, 0.2) is 46.7 Å². The molecule has 9 heteroatoms. The van der Waals surface area contributed by atoms with E-state index in [1.165, 1.54) is 23.1 Å². The molecule has 0 bridgehead atoms. The smallest absolute Gasteiger partial charge is 0.316 e. The molecule has 1 heterocycles. The highest BCUT2D eigenvalue weighted by Gasteiger charge is 2.13. The monoisotopic (exact) mass is 472 g/mol. The minimum absolute atomic E-state index is 0.137. The number of benzene rings is 2. The van der Waals surface area contributed by atoms with Gasteiger partial charge in [0, 0.05) is 15.8 Å². The minimum atomic E-state index is -0.448. The maximum absolute atomic E-state index is 12.2. The number of aryl methyl sites for hydroxylation is 2. The molecule has 2 aromatic carbocycles. The van der Waals surface area contributed by atoms with Crippen LogP contribution < -0.4 is 14.8 Å². The van der Waals surface area contributed by atoms with Crippen LogP contribution in [0.1, 0.15) is 11.1 Å². The third kappa shape index (κ3) is 6.24. The van der Waals surface area contributed by atoms with Gasteiger partial charge in [-0.2, -0.15) is 0 Å². The van der Waals surface area contributed by atoms with Crippen molar-refractivity contribution in [3.05, 3.63) is 52.9 Å². The van der Waals surface area contributed by atoms with E-state index in [1.54, 1.807) is 20.3 Å². The van der Waals surface area contributed by atoms with E-state index in [4.69, 9.17) is 14.2 Å². The first-order valence-electron chi connectivity index (χ1n) is 9.73. The van der Waals surface area contributed by atoms with E-state index in [0.29, 0.717) is 22.3 Å². The topological polar surface area (TPSA) is 86.8 Å². The van der Waals surface area contributed by atoms with Gasteiger partial charge in [0.15, 0.2) is 23.2 Å². The number of thiazole rings is 1. The number of amides is 1. The van der Waals surface area contributed by atoms with Crippen molar-refractivity contribution in [1.82, 2.24) is 4.98 Å². The van der Waals surface area contributed by atoms with Gasteiger partial charge in [0.05, 0.1) is 25.7 Å². The lowest BCUT2D eigenvalue weighted by atomic mass is 10.1. The van der Waals surface area contributed by atoms with E-state index in [9.17, 15) is 9.59 Å². The molecule has 3 aromatic rings. The van der Waals surface area contributed by atoms with Crippen molar-refractivity contribution in [2.75, 3.05) is 31.9 Å². The minimum Gasteiger partial charge on any atom is -0.493 e. The number of ether oxygens (including phenoxy) is 3. The lowest BCUT2D eigenvalue weighted by Crippen LogP contribution is -2.21. The quantitative estimate of drug-likeness (QED) is 0.356. The molecule has 0 saturated heterocycles. The first kappa shape index (κ1) is 23.6. The summed E-state index contributed by atoms with van der Waals surface area (Å²) in [5.74, 6) is 0.462. The second-order valence-electron chi connectivity index (χ2n) is 6.87. The van der Waals surface area contributed by atoms with Gasteiger partial charge in [-0.15, -0.1) is 23.1 Å². The van der Waals surface area contributed by atoms with Gasteiger partial charge >= 0.3 is 5.97 Å². The Labute approximate surface area is 195 Å². The van der Waals surface area contributed by atoms with Gasteiger partial charge in [0.1, 0.15) is 0 Å². The van der Waals surface area contributed by atoms with Crippen LogP contribution >= 0.6 is 23.1 Å². The number of methoxy groups -OCH3 is 2. The number of aromatic nitrogens is 1. The molecule has 7 nitrogen and oxygen atoms in total. The molecule has 1 amide bonds. The van der Waals surface area contributed by atoms with Gasteiger partial charge in [0.2, 0.25) is 0 Å². The van der Waals surface area contributed by atoms with Crippen molar-refractivity contribution in [3.63, 3.8) is 0 Å². The number of anilines is 1. The van der Waals surface area contributed by atoms with Crippen LogP contribution in [0.3, 0.4) is 0 Å². The summed E-state index contributed by atoms with van der Waals surface area (Å²) in [6, 6.07) is 11.5. The van der Waals surface area contributed by atoms with E-state index in [-0.39, 0.29) is 12.4 Å². The van der Waals surface area contributed by atoms with Gasteiger partial charge in [-0.3, -0.25) is 14.9 Å². The van der Waals surface area contributed by atoms with E-state index in [2.05, 4.69) is 10.3 Å². The van der Waals surface area contributed by atoms with Gasteiger partial charge in [-0.25, -0.2) is 4.98 Å². The molecule has 0 atom stereocenters. The first-order valence-corrected chi connectivity index (χ1v) is 11.6. The number of thioether (sulfide) groups is 1. The second kappa shape index (κ2) is 11.0. The molecule has 0 aliphatic carbocycles. The highest BCUT2D eigenvalue weighted by atomic mass is 32.2. The number of carbonyl (C=O) groups is 2. The zero-order chi connectivity index (χ0) is 23.1. The Morgan fingerprint density at radius 3 is 2.59 bits per heavy atom. The third-order valence-corrected chi connectivity index (χ3v) is 6.37. The molecule has 32 heavy (non-hydrogen) atoms.